The Morgan fingerprint density at radius 3 is 2.56 bits per heavy atom. The average Bonchev–Trinajstić information content (AvgIpc) is 2.77. The van der Waals surface area contributed by atoms with Crippen molar-refractivity contribution in [1.29, 1.82) is 0 Å². The Kier molecular flexibility index (Phi) is 2.41. The Bertz CT molecular complexity index is 633. The van der Waals surface area contributed by atoms with Crippen molar-refractivity contribution in [2.24, 2.45) is 0 Å². The first-order valence-electron chi connectivity index (χ1n) is 4.67. The molecule has 0 spiro atoms. The molecule has 0 aliphatic carbocycles. The van der Waals surface area contributed by atoms with Crippen LogP contribution in [-0.2, 0) is 0 Å². The standard InChI is InChI=1S/C11H6BrN3S/c12-8-3-1-7(2-4-8)9-5-10-11(6-13-9)15-16-14-10/h1-6H. The third-order valence-corrected chi connectivity index (χ3v) is 3.37. The zero-order chi connectivity index (χ0) is 11.0. The van der Waals surface area contributed by atoms with Gasteiger partial charge in [-0.3, -0.25) is 4.98 Å². The van der Waals surface area contributed by atoms with Crippen LogP contribution in [0.15, 0.2) is 41.0 Å². The van der Waals surface area contributed by atoms with Gasteiger partial charge in [-0.25, -0.2) is 0 Å². The second kappa shape index (κ2) is 3.92. The summed E-state index contributed by atoms with van der Waals surface area (Å²) in [4.78, 5) is 4.37. The lowest BCUT2D eigenvalue weighted by Crippen LogP contribution is -1.83. The third-order valence-electron chi connectivity index (χ3n) is 2.28. The van der Waals surface area contributed by atoms with Crippen molar-refractivity contribution in [1.82, 2.24) is 13.7 Å². The molecule has 5 heteroatoms. The van der Waals surface area contributed by atoms with Gasteiger partial charge >= 0.3 is 0 Å². The molecule has 1 aromatic carbocycles. The number of fused-ring (bicyclic) bond motifs is 1. The van der Waals surface area contributed by atoms with Crippen molar-refractivity contribution in [2.75, 3.05) is 0 Å². The Labute approximate surface area is 105 Å². The van der Waals surface area contributed by atoms with Gasteiger partial charge in [0.2, 0.25) is 0 Å². The van der Waals surface area contributed by atoms with Crippen LogP contribution in [0.3, 0.4) is 0 Å². The molecule has 0 N–H and O–H groups in total. The van der Waals surface area contributed by atoms with E-state index in [1.165, 1.54) is 11.7 Å². The van der Waals surface area contributed by atoms with E-state index in [0.29, 0.717) is 0 Å². The van der Waals surface area contributed by atoms with Crippen molar-refractivity contribution < 1.29 is 0 Å². The first-order valence-corrected chi connectivity index (χ1v) is 6.19. The van der Waals surface area contributed by atoms with Crippen LogP contribution in [0.2, 0.25) is 0 Å². The first kappa shape index (κ1) is 9.86. The van der Waals surface area contributed by atoms with E-state index in [4.69, 9.17) is 0 Å². The molecular formula is C11H6BrN3S. The average molecular weight is 292 g/mol. The number of hydrogen-bond acceptors (Lipinski definition) is 4. The number of halogens is 1. The molecule has 3 rings (SSSR count). The molecule has 3 aromatic rings. The molecule has 2 aromatic heterocycles. The van der Waals surface area contributed by atoms with Crippen LogP contribution in [0.1, 0.15) is 0 Å². The van der Waals surface area contributed by atoms with Gasteiger partial charge < -0.3 is 0 Å². The highest BCUT2D eigenvalue weighted by Gasteiger charge is 2.03. The summed E-state index contributed by atoms with van der Waals surface area (Å²) in [5.74, 6) is 0. The highest BCUT2D eigenvalue weighted by molar-refractivity contribution is 9.10. The Balaban J connectivity index is 2.14. The topological polar surface area (TPSA) is 38.7 Å². The molecule has 0 aliphatic rings. The molecule has 0 amide bonds. The molecule has 2 heterocycles. The maximum Gasteiger partial charge on any atom is 0.123 e. The normalized spacial score (nSPS) is 10.8. The minimum absolute atomic E-state index is 0.853. The van der Waals surface area contributed by atoms with Crippen LogP contribution in [0.25, 0.3) is 22.3 Å². The number of rotatable bonds is 1. The van der Waals surface area contributed by atoms with Gasteiger partial charge in [0.25, 0.3) is 0 Å². The van der Waals surface area contributed by atoms with Gasteiger partial charge in [0.05, 0.1) is 23.6 Å². The fraction of sp³-hybridized carbons (Fsp3) is 0. The summed E-state index contributed by atoms with van der Waals surface area (Å²) in [6.07, 6.45) is 1.76. The molecule has 0 fully saturated rings. The summed E-state index contributed by atoms with van der Waals surface area (Å²) < 4.78 is 9.39. The maximum absolute atomic E-state index is 4.37. The first-order chi connectivity index (χ1) is 7.83. The van der Waals surface area contributed by atoms with Crippen molar-refractivity contribution in [2.45, 2.75) is 0 Å². The van der Waals surface area contributed by atoms with E-state index >= 15 is 0 Å². The molecule has 0 bridgehead atoms. The second-order valence-electron chi connectivity index (χ2n) is 3.33. The van der Waals surface area contributed by atoms with Crippen LogP contribution in [-0.4, -0.2) is 13.7 Å². The van der Waals surface area contributed by atoms with Crippen LogP contribution in [0, 0.1) is 0 Å². The molecular weight excluding hydrogens is 286 g/mol. The molecule has 0 radical (unpaired) electrons. The van der Waals surface area contributed by atoms with Gasteiger partial charge in [0.15, 0.2) is 0 Å². The van der Waals surface area contributed by atoms with Gasteiger partial charge in [-0.2, -0.15) is 8.75 Å². The van der Waals surface area contributed by atoms with Gasteiger partial charge in [-0.15, -0.1) is 0 Å². The van der Waals surface area contributed by atoms with Crippen LogP contribution in [0.5, 0.6) is 0 Å². The fourth-order valence-corrected chi connectivity index (χ4v) is 2.24. The summed E-state index contributed by atoms with van der Waals surface area (Å²) in [6.45, 7) is 0. The largest absolute Gasteiger partial charge is 0.254 e. The summed E-state index contributed by atoms with van der Waals surface area (Å²) in [6, 6.07) is 10.0. The maximum atomic E-state index is 4.37. The molecule has 3 nitrogen and oxygen atoms in total. The van der Waals surface area contributed by atoms with Crippen molar-refractivity contribution in [3.8, 4) is 11.3 Å². The van der Waals surface area contributed by atoms with Gasteiger partial charge in [0.1, 0.15) is 11.0 Å². The predicted molar refractivity (Wildman–Crippen MR) is 68.3 cm³/mol. The quantitative estimate of drug-likeness (QED) is 0.689. The van der Waals surface area contributed by atoms with Crippen LogP contribution < -0.4 is 0 Å². The van der Waals surface area contributed by atoms with E-state index in [2.05, 4.69) is 29.7 Å². The van der Waals surface area contributed by atoms with Crippen molar-refractivity contribution >= 4 is 38.7 Å². The van der Waals surface area contributed by atoms with E-state index in [1.54, 1.807) is 6.20 Å². The lowest BCUT2D eigenvalue weighted by Gasteiger charge is -1.99. The minimum Gasteiger partial charge on any atom is -0.254 e. The van der Waals surface area contributed by atoms with E-state index in [1.807, 2.05) is 30.3 Å². The summed E-state index contributed by atoms with van der Waals surface area (Å²) >= 11 is 4.62. The van der Waals surface area contributed by atoms with Gasteiger partial charge in [-0.1, -0.05) is 28.1 Å². The number of hydrogen-bond donors (Lipinski definition) is 0. The number of aromatic nitrogens is 3. The SMILES string of the molecule is Brc1ccc(-c2cc3nsnc3cn2)cc1. The zero-order valence-electron chi connectivity index (χ0n) is 8.09. The van der Waals surface area contributed by atoms with Crippen molar-refractivity contribution in [3.05, 3.63) is 41.0 Å². The van der Waals surface area contributed by atoms with Crippen molar-refractivity contribution in [3.63, 3.8) is 0 Å². The lowest BCUT2D eigenvalue weighted by molar-refractivity contribution is 1.34. The molecule has 0 atom stereocenters. The summed E-state index contributed by atoms with van der Waals surface area (Å²) in [5.41, 5.74) is 3.76. The lowest BCUT2D eigenvalue weighted by atomic mass is 10.1. The minimum atomic E-state index is 0.853. The third kappa shape index (κ3) is 1.72. The van der Waals surface area contributed by atoms with Crippen LogP contribution >= 0.6 is 27.7 Å². The number of benzene rings is 1. The van der Waals surface area contributed by atoms with Gasteiger partial charge in [0, 0.05) is 10.0 Å². The highest BCUT2D eigenvalue weighted by atomic mass is 79.9. The van der Waals surface area contributed by atoms with E-state index < -0.39 is 0 Å². The highest BCUT2D eigenvalue weighted by Crippen LogP contribution is 2.22. The fourth-order valence-electron chi connectivity index (χ4n) is 1.47. The zero-order valence-corrected chi connectivity index (χ0v) is 10.5. The molecule has 78 valence electrons. The number of nitrogens with zero attached hydrogens (tertiary/aromatic N) is 3. The predicted octanol–water partition coefficient (Wildman–Crippen LogP) is 3.52. The Morgan fingerprint density at radius 2 is 1.75 bits per heavy atom. The molecule has 0 aliphatic heterocycles. The smallest absolute Gasteiger partial charge is 0.123 e. The molecule has 0 unspecified atom stereocenters. The Morgan fingerprint density at radius 1 is 1.00 bits per heavy atom. The summed E-state index contributed by atoms with van der Waals surface area (Å²) in [5, 5.41) is 0. The van der Waals surface area contributed by atoms with Crippen LogP contribution in [0.4, 0.5) is 0 Å². The molecule has 16 heavy (non-hydrogen) atoms. The molecule has 0 saturated carbocycles. The Hall–Kier alpha value is -1.33. The van der Waals surface area contributed by atoms with E-state index in [9.17, 15) is 0 Å². The monoisotopic (exact) mass is 291 g/mol. The second-order valence-corrected chi connectivity index (χ2v) is 4.77. The summed E-state index contributed by atoms with van der Waals surface area (Å²) in [7, 11) is 0. The van der Waals surface area contributed by atoms with E-state index in [-0.39, 0.29) is 0 Å². The van der Waals surface area contributed by atoms with E-state index in [0.717, 1.165) is 26.8 Å². The molecule has 0 saturated heterocycles. The number of pyridine rings is 1. The van der Waals surface area contributed by atoms with Gasteiger partial charge in [-0.05, 0) is 18.2 Å².